The van der Waals surface area contributed by atoms with E-state index in [2.05, 4.69) is 26.6 Å². The van der Waals surface area contributed by atoms with Crippen LogP contribution in [0.1, 0.15) is 26.5 Å². The van der Waals surface area contributed by atoms with Crippen molar-refractivity contribution in [2.75, 3.05) is 25.6 Å². The van der Waals surface area contributed by atoms with Gasteiger partial charge in [-0.2, -0.15) is 0 Å². The summed E-state index contributed by atoms with van der Waals surface area (Å²) in [6.07, 6.45) is 0. The number of halogens is 2. The van der Waals surface area contributed by atoms with Gasteiger partial charge in [-0.1, -0.05) is 27.5 Å². The molecule has 8 heteroatoms. The molecule has 0 spiro atoms. The molecule has 1 heterocycles. The molecular weight excluding hydrogens is 448 g/mol. The number of methoxy groups -OCH3 is 1. The normalized spacial score (nSPS) is 10.9. The average molecular weight is 466 g/mol. The molecule has 0 aliphatic carbocycles. The second-order valence-corrected chi connectivity index (χ2v) is 7.42. The van der Waals surface area contributed by atoms with Crippen LogP contribution in [-0.4, -0.2) is 32.1 Å². The first-order valence-electron chi connectivity index (χ1n) is 8.47. The average Bonchev–Trinajstić information content (AvgIpc) is 2.98. The van der Waals surface area contributed by atoms with Crippen LogP contribution >= 0.6 is 27.5 Å². The molecule has 2 N–H and O–H groups in total. The Labute approximate surface area is 175 Å². The van der Waals surface area contributed by atoms with Gasteiger partial charge in [-0.25, -0.2) is 0 Å². The molecule has 0 fully saturated rings. The van der Waals surface area contributed by atoms with Crippen LogP contribution in [0.5, 0.6) is 0 Å². The number of fused-ring (bicyclic) bond motifs is 1. The van der Waals surface area contributed by atoms with E-state index in [1.165, 1.54) is 6.07 Å². The van der Waals surface area contributed by atoms with E-state index in [0.29, 0.717) is 30.0 Å². The largest absolute Gasteiger partial charge is 0.451 e. The van der Waals surface area contributed by atoms with Gasteiger partial charge in [-0.3, -0.25) is 9.59 Å². The maximum absolute atomic E-state index is 12.6. The second-order valence-electron chi connectivity index (χ2n) is 6.09. The Kier molecular flexibility index (Phi) is 6.39. The molecule has 2 amide bonds. The zero-order valence-electron chi connectivity index (χ0n) is 15.3. The lowest BCUT2D eigenvalue weighted by Crippen LogP contribution is -2.27. The third-order valence-electron chi connectivity index (χ3n) is 4.17. The first-order chi connectivity index (χ1) is 13.4. The predicted molar refractivity (Wildman–Crippen MR) is 112 cm³/mol. The van der Waals surface area contributed by atoms with Crippen molar-refractivity contribution in [3.05, 3.63) is 62.8 Å². The highest BCUT2D eigenvalue weighted by Gasteiger charge is 2.19. The summed E-state index contributed by atoms with van der Waals surface area (Å²) in [6, 6.07) is 10.3. The molecule has 6 nitrogen and oxygen atoms in total. The number of aryl methyl sites for hydroxylation is 1. The first kappa shape index (κ1) is 20.4. The van der Waals surface area contributed by atoms with Crippen molar-refractivity contribution < 1.29 is 18.7 Å². The summed E-state index contributed by atoms with van der Waals surface area (Å²) in [5, 5.41) is 6.55. The zero-order chi connectivity index (χ0) is 20.3. The number of furan rings is 1. The van der Waals surface area contributed by atoms with Gasteiger partial charge in [0.05, 0.1) is 17.2 Å². The SMILES string of the molecule is COCCNC(=O)c1ccc(NC(=O)c2oc3ccc(Br)cc3c2C)cc1Cl. The molecule has 2 aromatic carbocycles. The predicted octanol–water partition coefficient (Wildman–Crippen LogP) is 4.79. The van der Waals surface area contributed by atoms with Gasteiger partial charge in [0.2, 0.25) is 0 Å². The fourth-order valence-corrected chi connectivity index (χ4v) is 3.36. The second kappa shape index (κ2) is 8.77. The summed E-state index contributed by atoms with van der Waals surface area (Å²) in [5.74, 6) is -0.470. The van der Waals surface area contributed by atoms with Crippen molar-refractivity contribution in [2.24, 2.45) is 0 Å². The lowest BCUT2D eigenvalue weighted by molar-refractivity contribution is 0.0936. The minimum absolute atomic E-state index is 0.227. The van der Waals surface area contributed by atoms with E-state index in [1.807, 2.05) is 19.1 Å². The van der Waals surface area contributed by atoms with Crippen molar-refractivity contribution in [2.45, 2.75) is 6.92 Å². The van der Waals surface area contributed by atoms with Gasteiger partial charge in [-0.15, -0.1) is 0 Å². The third-order valence-corrected chi connectivity index (χ3v) is 4.97. The van der Waals surface area contributed by atoms with E-state index in [-0.39, 0.29) is 16.7 Å². The number of carbonyl (C=O) groups is 2. The summed E-state index contributed by atoms with van der Waals surface area (Å²) in [7, 11) is 1.55. The fourth-order valence-electron chi connectivity index (χ4n) is 2.74. The van der Waals surface area contributed by atoms with Crippen LogP contribution in [-0.2, 0) is 4.74 Å². The maximum Gasteiger partial charge on any atom is 0.291 e. The van der Waals surface area contributed by atoms with E-state index < -0.39 is 5.91 Å². The monoisotopic (exact) mass is 464 g/mol. The van der Waals surface area contributed by atoms with Crippen LogP contribution in [0.25, 0.3) is 11.0 Å². The van der Waals surface area contributed by atoms with Gasteiger partial charge >= 0.3 is 0 Å². The number of carbonyl (C=O) groups excluding carboxylic acids is 2. The molecule has 0 bridgehead atoms. The van der Waals surface area contributed by atoms with E-state index in [9.17, 15) is 9.59 Å². The Morgan fingerprint density at radius 2 is 1.96 bits per heavy atom. The van der Waals surface area contributed by atoms with Crippen LogP contribution in [0.2, 0.25) is 5.02 Å². The summed E-state index contributed by atoms with van der Waals surface area (Å²) in [4.78, 5) is 24.8. The number of hydrogen-bond acceptors (Lipinski definition) is 4. The number of benzene rings is 2. The fraction of sp³-hybridized carbons (Fsp3) is 0.200. The highest BCUT2D eigenvalue weighted by Crippen LogP contribution is 2.29. The molecule has 0 radical (unpaired) electrons. The van der Waals surface area contributed by atoms with Gasteiger partial charge in [0.15, 0.2) is 5.76 Å². The minimum atomic E-state index is -0.391. The molecular formula is C20H18BrClN2O4. The Hall–Kier alpha value is -2.35. The van der Waals surface area contributed by atoms with E-state index >= 15 is 0 Å². The Morgan fingerprint density at radius 1 is 1.18 bits per heavy atom. The smallest absolute Gasteiger partial charge is 0.291 e. The zero-order valence-corrected chi connectivity index (χ0v) is 17.6. The van der Waals surface area contributed by atoms with Crippen LogP contribution < -0.4 is 10.6 Å². The molecule has 0 aliphatic rings. The number of nitrogens with one attached hydrogen (secondary N) is 2. The van der Waals surface area contributed by atoms with Crippen molar-refractivity contribution in [3.8, 4) is 0 Å². The van der Waals surface area contributed by atoms with Gasteiger partial charge in [0, 0.05) is 34.8 Å². The Balaban J connectivity index is 1.77. The molecule has 0 unspecified atom stereocenters. The van der Waals surface area contributed by atoms with Crippen LogP contribution in [0.15, 0.2) is 45.3 Å². The highest BCUT2D eigenvalue weighted by molar-refractivity contribution is 9.10. The van der Waals surface area contributed by atoms with E-state index in [1.54, 1.807) is 25.3 Å². The Morgan fingerprint density at radius 3 is 2.68 bits per heavy atom. The first-order valence-corrected chi connectivity index (χ1v) is 9.64. The van der Waals surface area contributed by atoms with Gasteiger partial charge < -0.3 is 19.8 Å². The van der Waals surface area contributed by atoms with Crippen molar-refractivity contribution in [1.29, 1.82) is 0 Å². The lowest BCUT2D eigenvalue weighted by Gasteiger charge is -2.09. The summed E-state index contributed by atoms with van der Waals surface area (Å²) >= 11 is 9.62. The number of anilines is 1. The van der Waals surface area contributed by atoms with Crippen molar-refractivity contribution in [3.63, 3.8) is 0 Å². The molecule has 0 saturated carbocycles. The molecule has 0 saturated heterocycles. The topological polar surface area (TPSA) is 80.6 Å². The third kappa shape index (κ3) is 4.38. The molecule has 28 heavy (non-hydrogen) atoms. The van der Waals surface area contributed by atoms with Gasteiger partial charge in [0.25, 0.3) is 11.8 Å². The van der Waals surface area contributed by atoms with Crippen LogP contribution in [0, 0.1) is 6.92 Å². The number of ether oxygens (including phenoxy) is 1. The van der Waals surface area contributed by atoms with Crippen LogP contribution in [0.4, 0.5) is 5.69 Å². The summed E-state index contributed by atoms with van der Waals surface area (Å²) in [5.41, 5.74) is 2.16. The minimum Gasteiger partial charge on any atom is -0.451 e. The Bertz CT molecular complexity index is 1050. The number of amides is 2. The number of hydrogen-bond donors (Lipinski definition) is 2. The molecule has 3 rings (SSSR count). The standard InChI is InChI=1S/C20H18BrClN2O4/c1-11-15-9-12(21)3-6-17(15)28-18(11)20(26)24-13-4-5-14(16(22)10-13)19(25)23-7-8-27-2/h3-6,9-10H,7-8H2,1-2H3,(H,23,25)(H,24,26). The van der Waals surface area contributed by atoms with Crippen LogP contribution in [0.3, 0.4) is 0 Å². The molecule has 0 atom stereocenters. The molecule has 1 aromatic heterocycles. The maximum atomic E-state index is 12.6. The van der Waals surface area contributed by atoms with Crippen molar-refractivity contribution in [1.82, 2.24) is 5.32 Å². The van der Waals surface area contributed by atoms with E-state index in [4.69, 9.17) is 20.8 Å². The van der Waals surface area contributed by atoms with Gasteiger partial charge in [0.1, 0.15) is 5.58 Å². The quantitative estimate of drug-likeness (QED) is 0.513. The molecule has 146 valence electrons. The summed E-state index contributed by atoms with van der Waals surface area (Å²) < 4.78 is 11.5. The van der Waals surface area contributed by atoms with E-state index in [0.717, 1.165) is 15.4 Å². The lowest BCUT2D eigenvalue weighted by atomic mass is 10.1. The van der Waals surface area contributed by atoms with Crippen molar-refractivity contribution >= 4 is 56.0 Å². The summed E-state index contributed by atoms with van der Waals surface area (Å²) in [6.45, 7) is 2.62. The highest BCUT2D eigenvalue weighted by atomic mass is 79.9. The molecule has 3 aromatic rings. The molecule has 0 aliphatic heterocycles. The number of rotatable bonds is 6. The van der Waals surface area contributed by atoms with Gasteiger partial charge in [-0.05, 0) is 43.3 Å².